The summed E-state index contributed by atoms with van der Waals surface area (Å²) < 4.78 is 8.46. The summed E-state index contributed by atoms with van der Waals surface area (Å²) in [5, 5.41) is 12.1. The van der Waals surface area contributed by atoms with Gasteiger partial charge in [0.1, 0.15) is 12.6 Å². The lowest BCUT2D eigenvalue weighted by Crippen LogP contribution is -2.82. The molecule has 0 bridgehead atoms. The van der Waals surface area contributed by atoms with Crippen LogP contribution in [0.15, 0.2) is 59.8 Å². The van der Waals surface area contributed by atoms with E-state index in [1.807, 2.05) is 18.2 Å². The van der Waals surface area contributed by atoms with Crippen LogP contribution in [-0.4, -0.2) is 47.3 Å². The highest BCUT2D eigenvalue weighted by Gasteiger charge is 2.30. The summed E-state index contributed by atoms with van der Waals surface area (Å²) in [5.74, 6) is 1.80. The Morgan fingerprint density at radius 2 is 1.86 bits per heavy atom. The topological polar surface area (TPSA) is 59.8 Å². The maximum absolute atomic E-state index is 6.29. The lowest BCUT2D eigenvalue weighted by Gasteiger charge is -2.14. The molecule has 2 heterocycles. The zero-order valence-electron chi connectivity index (χ0n) is 17.2. The van der Waals surface area contributed by atoms with Gasteiger partial charge in [-0.2, -0.15) is 0 Å². The Labute approximate surface area is 176 Å². The summed E-state index contributed by atoms with van der Waals surface area (Å²) in [6, 6.07) is 18.8. The summed E-state index contributed by atoms with van der Waals surface area (Å²) in [6.45, 7) is 3.93. The minimum atomic E-state index is 0.0701. The second-order valence-electron chi connectivity index (χ2n) is 7.36. The maximum Gasteiger partial charge on any atom is 0.217 e. The van der Waals surface area contributed by atoms with Gasteiger partial charge in [0.2, 0.25) is 6.23 Å². The van der Waals surface area contributed by atoms with E-state index in [4.69, 9.17) is 4.74 Å². The van der Waals surface area contributed by atoms with E-state index in [-0.39, 0.29) is 12.3 Å². The monoisotopic (exact) mass is 410 g/mol. The molecule has 6 nitrogen and oxygen atoms in total. The first-order valence-electron chi connectivity index (χ1n) is 10.0. The van der Waals surface area contributed by atoms with Crippen molar-refractivity contribution in [2.75, 3.05) is 31.3 Å². The van der Waals surface area contributed by atoms with Crippen molar-refractivity contribution in [2.24, 2.45) is 0 Å². The second-order valence-corrected chi connectivity index (χ2v) is 8.35. The Morgan fingerprint density at radius 1 is 1.10 bits per heavy atom. The number of aromatic nitrogens is 3. The molecular weight excluding hydrogens is 382 g/mol. The Morgan fingerprint density at radius 3 is 2.55 bits per heavy atom. The molecule has 1 aliphatic rings. The van der Waals surface area contributed by atoms with E-state index in [0.717, 1.165) is 35.4 Å². The summed E-state index contributed by atoms with van der Waals surface area (Å²) in [5.41, 5.74) is 3.51. The SMILES string of the molecule is CCn1c(SC[C@@H]2C[NH2+][C@@H](c3ccc(N(C)C)cc3)O2)nnc1-c1ccccc1. The molecule has 0 amide bonds. The fourth-order valence-electron chi connectivity index (χ4n) is 3.53. The molecule has 1 saturated heterocycles. The number of ether oxygens (including phenoxy) is 1. The van der Waals surface area contributed by atoms with Gasteiger partial charge >= 0.3 is 0 Å². The molecular formula is C22H28N5OS+. The zero-order valence-corrected chi connectivity index (χ0v) is 18.0. The number of nitrogens with two attached hydrogens (primary N) is 1. The van der Waals surface area contributed by atoms with Crippen LogP contribution in [0, 0.1) is 0 Å². The average Bonchev–Trinajstić information content (AvgIpc) is 3.39. The average molecular weight is 411 g/mol. The smallest absolute Gasteiger partial charge is 0.217 e. The van der Waals surface area contributed by atoms with Crippen LogP contribution in [0.25, 0.3) is 11.4 Å². The van der Waals surface area contributed by atoms with E-state index in [1.165, 1.54) is 11.3 Å². The van der Waals surface area contributed by atoms with Crippen molar-refractivity contribution in [3.8, 4) is 11.4 Å². The Bertz CT molecular complexity index is 926. The van der Waals surface area contributed by atoms with Gasteiger partial charge in [-0.3, -0.25) is 0 Å². The largest absolute Gasteiger partial charge is 0.378 e. The lowest BCUT2D eigenvalue weighted by atomic mass is 10.2. The molecule has 0 saturated carbocycles. The minimum Gasteiger partial charge on any atom is -0.378 e. The van der Waals surface area contributed by atoms with Gasteiger partial charge in [0, 0.05) is 43.2 Å². The summed E-state index contributed by atoms with van der Waals surface area (Å²) in [7, 11) is 4.11. The van der Waals surface area contributed by atoms with E-state index in [0.29, 0.717) is 0 Å². The Hall–Kier alpha value is -2.35. The molecule has 2 atom stereocenters. The van der Waals surface area contributed by atoms with Crippen molar-refractivity contribution >= 4 is 17.4 Å². The highest BCUT2D eigenvalue weighted by Crippen LogP contribution is 2.26. The quantitative estimate of drug-likeness (QED) is 0.607. The summed E-state index contributed by atoms with van der Waals surface area (Å²) in [6.07, 6.45) is 0.265. The van der Waals surface area contributed by atoms with Crippen molar-refractivity contribution in [1.29, 1.82) is 0 Å². The summed E-state index contributed by atoms with van der Waals surface area (Å²) in [4.78, 5) is 2.11. The van der Waals surface area contributed by atoms with Gasteiger partial charge in [-0.1, -0.05) is 42.1 Å². The third-order valence-corrected chi connectivity index (χ3v) is 6.25. The van der Waals surface area contributed by atoms with Crippen LogP contribution in [0.5, 0.6) is 0 Å². The number of nitrogens with zero attached hydrogens (tertiary/aromatic N) is 4. The van der Waals surface area contributed by atoms with Crippen LogP contribution < -0.4 is 10.2 Å². The molecule has 2 aromatic carbocycles. The predicted molar refractivity (Wildman–Crippen MR) is 117 cm³/mol. The van der Waals surface area contributed by atoms with Crippen LogP contribution >= 0.6 is 11.8 Å². The second kappa shape index (κ2) is 8.98. The van der Waals surface area contributed by atoms with Crippen LogP contribution in [0.3, 0.4) is 0 Å². The van der Waals surface area contributed by atoms with Gasteiger partial charge in [0.25, 0.3) is 0 Å². The molecule has 1 aromatic heterocycles. The van der Waals surface area contributed by atoms with Gasteiger partial charge in [-0.15, -0.1) is 10.2 Å². The standard InChI is InChI=1S/C22H27N5OS/c1-4-27-20(16-8-6-5-7-9-16)24-25-22(27)29-15-19-14-23-21(28-19)17-10-12-18(13-11-17)26(2)3/h5-13,19,21,23H,4,14-15H2,1-3H3/p+1/t19-,21+/m0/s1. The first-order valence-corrected chi connectivity index (χ1v) is 11.0. The molecule has 3 aromatic rings. The van der Waals surface area contributed by atoms with E-state index in [1.54, 1.807) is 11.8 Å². The highest BCUT2D eigenvalue weighted by molar-refractivity contribution is 7.99. The number of hydrogen-bond donors (Lipinski definition) is 1. The molecule has 7 heteroatoms. The van der Waals surface area contributed by atoms with E-state index < -0.39 is 0 Å². The van der Waals surface area contributed by atoms with E-state index >= 15 is 0 Å². The number of quaternary nitrogens is 1. The number of thioether (sulfide) groups is 1. The minimum absolute atomic E-state index is 0.0701. The highest BCUT2D eigenvalue weighted by atomic mass is 32.2. The molecule has 4 rings (SSSR count). The Balaban J connectivity index is 1.37. The van der Waals surface area contributed by atoms with Crippen molar-refractivity contribution in [3.63, 3.8) is 0 Å². The maximum atomic E-state index is 6.29. The molecule has 1 fully saturated rings. The molecule has 29 heavy (non-hydrogen) atoms. The normalized spacial score (nSPS) is 18.9. The van der Waals surface area contributed by atoms with Crippen LogP contribution in [-0.2, 0) is 11.3 Å². The summed E-state index contributed by atoms with van der Waals surface area (Å²) >= 11 is 1.73. The van der Waals surface area contributed by atoms with Crippen molar-refractivity contribution in [2.45, 2.75) is 31.0 Å². The van der Waals surface area contributed by atoms with Gasteiger partial charge in [0.15, 0.2) is 11.0 Å². The fourth-order valence-corrected chi connectivity index (χ4v) is 4.55. The molecule has 2 N–H and O–H groups in total. The van der Waals surface area contributed by atoms with E-state index in [9.17, 15) is 0 Å². The lowest BCUT2D eigenvalue weighted by molar-refractivity contribution is -0.697. The molecule has 152 valence electrons. The van der Waals surface area contributed by atoms with Crippen LogP contribution in [0.1, 0.15) is 18.7 Å². The molecule has 0 unspecified atom stereocenters. The number of hydrogen-bond acceptors (Lipinski definition) is 5. The third-order valence-electron chi connectivity index (χ3n) is 5.15. The van der Waals surface area contributed by atoms with Crippen LogP contribution in [0.4, 0.5) is 5.69 Å². The van der Waals surface area contributed by atoms with Gasteiger partial charge < -0.3 is 19.5 Å². The van der Waals surface area contributed by atoms with Crippen LogP contribution in [0.2, 0.25) is 0 Å². The van der Waals surface area contributed by atoms with Gasteiger partial charge in [-0.05, 0) is 31.2 Å². The predicted octanol–water partition coefficient (Wildman–Crippen LogP) is 2.78. The zero-order chi connectivity index (χ0) is 20.2. The van der Waals surface area contributed by atoms with Gasteiger partial charge in [-0.25, -0.2) is 0 Å². The molecule has 1 aliphatic heterocycles. The molecule has 0 aliphatic carbocycles. The first-order chi connectivity index (χ1) is 14.2. The van der Waals surface area contributed by atoms with Crippen molar-refractivity contribution in [3.05, 3.63) is 60.2 Å². The number of rotatable bonds is 7. The fraction of sp³-hybridized carbons (Fsp3) is 0.364. The van der Waals surface area contributed by atoms with Crippen molar-refractivity contribution in [1.82, 2.24) is 14.8 Å². The first kappa shape index (κ1) is 19.9. The third kappa shape index (κ3) is 4.47. The molecule has 0 spiro atoms. The molecule has 0 radical (unpaired) electrons. The number of anilines is 1. The Kier molecular flexibility index (Phi) is 6.18. The van der Waals surface area contributed by atoms with E-state index in [2.05, 4.69) is 82.4 Å². The van der Waals surface area contributed by atoms with Crippen molar-refractivity contribution < 1.29 is 10.1 Å². The van der Waals surface area contributed by atoms with Gasteiger partial charge in [0.05, 0.1) is 0 Å². The number of benzene rings is 2.